The molecule has 1 saturated heterocycles. The zero-order valence-electron chi connectivity index (χ0n) is 6.33. The summed E-state index contributed by atoms with van der Waals surface area (Å²) in [6, 6.07) is 0. The van der Waals surface area contributed by atoms with E-state index in [1.54, 1.807) is 0 Å². The van der Waals surface area contributed by atoms with Gasteiger partial charge in [0.25, 0.3) is 0 Å². The fourth-order valence-corrected chi connectivity index (χ4v) is 0.877. The van der Waals surface area contributed by atoms with Gasteiger partial charge in [0.05, 0.1) is 13.2 Å². The molecular formula is C6H12O6. The first-order chi connectivity index (χ1) is 5.61. The largest absolute Gasteiger partial charge is 0.368 e. The second kappa shape index (κ2) is 4.13. The number of hydrogen-bond acceptors (Lipinski definition) is 6. The third kappa shape index (κ3) is 2.37. The van der Waals surface area contributed by atoms with Gasteiger partial charge in [-0.05, 0) is 0 Å². The summed E-state index contributed by atoms with van der Waals surface area (Å²) in [7, 11) is 0. The average Bonchev–Trinajstić information content (AvgIpc) is 2.04. The maximum absolute atomic E-state index is 8.63. The Morgan fingerprint density at radius 1 is 0.833 bits per heavy atom. The average molecular weight is 180 g/mol. The first kappa shape index (κ1) is 9.85. The molecule has 1 heterocycles. The normalized spacial score (nSPS) is 31.5. The van der Waals surface area contributed by atoms with Crippen LogP contribution in [0.15, 0.2) is 0 Å². The predicted molar refractivity (Wildman–Crippen MR) is 35.9 cm³/mol. The molecule has 0 aromatic carbocycles. The highest BCUT2D eigenvalue weighted by atomic mass is 16.6. The molecule has 0 spiro atoms. The van der Waals surface area contributed by atoms with Crippen molar-refractivity contribution in [2.75, 3.05) is 13.2 Å². The predicted octanol–water partition coefficient (Wildman–Crippen LogP) is -2.61. The van der Waals surface area contributed by atoms with Crippen LogP contribution in [0.4, 0.5) is 0 Å². The van der Waals surface area contributed by atoms with Crippen molar-refractivity contribution in [3.8, 4) is 0 Å². The summed E-state index contributed by atoms with van der Waals surface area (Å²) in [4.78, 5) is 0. The Morgan fingerprint density at radius 3 is 1.33 bits per heavy atom. The number of hydrogen-bond donors (Lipinski definition) is 4. The van der Waals surface area contributed by atoms with Crippen LogP contribution in [0.25, 0.3) is 0 Å². The van der Waals surface area contributed by atoms with Gasteiger partial charge in [0.2, 0.25) is 0 Å². The third-order valence-corrected chi connectivity index (χ3v) is 1.61. The fraction of sp³-hybridized carbons (Fsp3) is 1.00. The van der Waals surface area contributed by atoms with Gasteiger partial charge in [-0.2, -0.15) is 0 Å². The monoisotopic (exact) mass is 180 g/mol. The highest BCUT2D eigenvalue weighted by molar-refractivity contribution is 4.69. The van der Waals surface area contributed by atoms with Crippen molar-refractivity contribution in [2.24, 2.45) is 0 Å². The minimum absolute atomic E-state index is 0.0556. The molecule has 0 saturated carbocycles. The summed E-state index contributed by atoms with van der Waals surface area (Å²) in [5, 5.41) is 34.5. The molecule has 6 heteroatoms. The Hall–Kier alpha value is -0.240. The lowest BCUT2D eigenvalue weighted by Gasteiger charge is -2.30. The van der Waals surface area contributed by atoms with Crippen molar-refractivity contribution in [3.05, 3.63) is 0 Å². The lowest BCUT2D eigenvalue weighted by molar-refractivity contribution is -0.253. The van der Waals surface area contributed by atoms with Gasteiger partial charge in [-0.25, -0.2) is 0 Å². The smallest absolute Gasteiger partial charge is 0.180 e. The number of rotatable bonds is 2. The first-order valence-corrected chi connectivity index (χ1v) is 3.56. The summed E-state index contributed by atoms with van der Waals surface area (Å²) >= 11 is 0. The zero-order chi connectivity index (χ0) is 9.14. The number of ether oxygens (including phenoxy) is 2. The number of aliphatic hydroxyl groups is 4. The fourth-order valence-electron chi connectivity index (χ4n) is 0.877. The molecule has 6 nitrogen and oxygen atoms in total. The summed E-state index contributed by atoms with van der Waals surface area (Å²) in [6.07, 6.45) is -4.80. The Balaban J connectivity index is 2.30. The van der Waals surface area contributed by atoms with Crippen molar-refractivity contribution in [3.63, 3.8) is 0 Å². The highest BCUT2D eigenvalue weighted by Gasteiger charge is 2.29. The van der Waals surface area contributed by atoms with Crippen molar-refractivity contribution < 1.29 is 29.9 Å². The van der Waals surface area contributed by atoms with Crippen molar-refractivity contribution in [2.45, 2.75) is 24.8 Å². The Morgan fingerprint density at radius 2 is 1.17 bits per heavy atom. The van der Waals surface area contributed by atoms with E-state index >= 15 is 0 Å². The number of aliphatic hydroxyl groups excluding tert-OH is 2. The molecule has 0 aromatic heterocycles. The molecule has 0 aliphatic carbocycles. The van der Waals surface area contributed by atoms with E-state index < -0.39 is 24.8 Å². The van der Waals surface area contributed by atoms with Crippen LogP contribution in [0.2, 0.25) is 0 Å². The van der Waals surface area contributed by atoms with Gasteiger partial charge in [-0.1, -0.05) is 0 Å². The molecule has 1 fully saturated rings. The Labute approximate surface area is 69.0 Å². The van der Waals surface area contributed by atoms with Crippen LogP contribution < -0.4 is 0 Å². The van der Waals surface area contributed by atoms with E-state index in [-0.39, 0.29) is 13.2 Å². The molecule has 12 heavy (non-hydrogen) atoms. The van der Waals surface area contributed by atoms with Crippen LogP contribution in [-0.4, -0.2) is 58.4 Å². The van der Waals surface area contributed by atoms with E-state index in [1.165, 1.54) is 0 Å². The van der Waals surface area contributed by atoms with E-state index in [2.05, 4.69) is 0 Å². The molecule has 0 aromatic rings. The second-order valence-corrected chi connectivity index (χ2v) is 2.57. The van der Waals surface area contributed by atoms with Crippen LogP contribution in [0.3, 0.4) is 0 Å². The molecule has 2 atom stereocenters. The van der Waals surface area contributed by atoms with Gasteiger partial charge in [0.1, 0.15) is 12.2 Å². The third-order valence-electron chi connectivity index (χ3n) is 1.61. The Bertz CT molecular complexity index is 112. The van der Waals surface area contributed by atoms with Gasteiger partial charge in [0, 0.05) is 0 Å². The second-order valence-electron chi connectivity index (χ2n) is 2.57. The topological polar surface area (TPSA) is 99.4 Å². The van der Waals surface area contributed by atoms with E-state index in [1.807, 2.05) is 0 Å². The molecule has 1 aliphatic heterocycles. The van der Waals surface area contributed by atoms with Crippen LogP contribution >= 0.6 is 0 Å². The van der Waals surface area contributed by atoms with Gasteiger partial charge >= 0.3 is 0 Å². The molecule has 0 bridgehead atoms. The van der Waals surface area contributed by atoms with Gasteiger partial charge in [-0.3, -0.25) is 0 Å². The van der Waals surface area contributed by atoms with Crippen molar-refractivity contribution in [1.82, 2.24) is 0 Å². The van der Waals surface area contributed by atoms with Crippen LogP contribution in [0.1, 0.15) is 0 Å². The van der Waals surface area contributed by atoms with Crippen LogP contribution in [0, 0.1) is 0 Å². The maximum atomic E-state index is 8.63. The first-order valence-electron chi connectivity index (χ1n) is 3.56. The SMILES string of the molecule is OC(O)[C@H]1CO[C@@H](C(O)O)CO1. The van der Waals surface area contributed by atoms with Gasteiger partial charge in [0.15, 0.2) is 12.6 Å². The summed E-state index contributed by atoms with van der Waals surface area (Å²) in [5.74, 6) is 0. The van der Waals surface area contributed by atoms with E-state index in [0.717, 1.165) is 0 Å². The lowest BCUT2D eigenvalue weighted by atomic mass is 10.3. The summed E-state index contributed by atoms with van der Waals surface area (Å²) < 4.78 is 9.74. The van der Waals surface area contributed by atoms with E-state index in [9.17, 15) is 0 Å². The molecule has 0 amide bonds. The Kier molecular flexibility index (Phi) is 3.39. The van der Waals surface area contributed by atoms with Gasteiger partial charge < -0.3 is 29.9 Å². The molecule has 1 aliphatic rings. The zero-order valence-corrected chi connectivity index (χ0v) is 6.33. The highest BCUT2D eigenvalue weighted by Crippen LogP contribution is 2.11. The summed E-state index contributed by atoms with van der Waals surface area (Å²) in [5.41, 5.74) is 0. The van der Waals surface area contributed by atoms with Crippen molar-refractivity contribution >= 4 is 0 Å². The van der Waals surface area contributed by atoms with E-state index in [0.29, 0.717) is 0 Å². The molecule has 0 unspecified atom stereocenters. The van der Waals surface area contributed by atoms with Crippen LogP contribution in [0.5, 0.6) is 0 Å². The molecule has 4 N–H and O–H groups in total. The summed E-state index contributed by atoms with van der Waals surface area (Å²) in [6.45, 7) is -0.111. The standard InChI is InChI=1S/C6H12O6/c7-5(8)3-1-11-4(2-12-3)6(9)10/h3-10H,1-2H2/t3-,4-/m1/s1. The van der Waals surface area contributed by atoms with Gasteiger partial charge in [-0.15, -0.1) is 0 Å². The van der Waals surface area contributed by atoms with Crippen molar-refractivity contribution in [1.29, 1.82) is 0 Å². The molecule has 72 valence electrons. The minimum atomic E-state index is -1.60. The minimum Gasteiger partial charge on any atom is -0.368 e. The maximum Gasteiger partial charge on any atom is 0.180 e. The molecule has 0 radical (unpaired) electrons. The quantitative estimate of drug-likeness (QED) is 0.347. The molecular weight excluding hydrogens is 168 g/mol. The lowest BCUT2D eigenvalue weighted by Crippen LogP contribution is -2.46. The van der Waals surface area contributed by atoms with E-state index in [4.69, 9.17) is 29.9 Å². The van der Waals surface area contributed by atoms with Crippen LogP contribution in [-0.2, 0) is 9.47 Å². The molecule has 1 rings (SSSR count).